The molecule has 0 unspecified atom stereocenters. The monoisotopic (exact) mass is 479 g/mol. The van der Waals surface area contributed by atoms with E-state index >= 15 is 0 Å². The van der Waals surface area contributed by atoms with Crippen molar-refractivity contribution < 1.29 is 0 Å². The average Bonchev–Trinajstić information content (AvgIpc) is 3.42. The number of fused-ring (bicyclic) bond motifs is 8. The van der Waals surface area contributed by atoms with Gasteiger partial charge in [0, 0.05) is 22.1 Å². The fraction of sp³-hybridized carbons (Fsp3) is 0.355. The van der Waals surface area contributed by atoms with Crippen molar-refractivity contribution in [3.63, 3.8) is 0 Å². The van der Waals surface area contributed by atoms with Gasteiger partial charge < -0.3 is 9.55 Å². The van der Waals surface area contributed by atoms with Gasteiger partial charge >= 0.3 is 0 Å². The molecular formula is C31H37N5. The van der Waals surface area contributed by atoms with E-state index in [9.17, 15) is 0 Å². The van der Waals surface area contributed by atoms with Crippen molar-refractivity contribution in [1.82, 2.24) is 24.4 Å². The quantitative estimate of drug-likeness (QED) is 0.415. The number of aryl methyl sites for hydroxylation is 4. The van der Waals surface area contributed by atoms with Crippen molar-refractivity contribution in [1.29, 1.82) is 0 Å². The minimum atomic E-state index is 0.782. The average molecular weight is 480 g/mol. The number of aromatic amines is 1. The molecule has 3 aromatic rings. The molecule has 36 heavy (non-hydrogen) atoms. The molecule has 2 aliphatic heterocycles. The number of rotatable bonds is 2. The molecule has 0 atom stereocenters. The van der Waals surface area contributed by atoms with Gasteiger partial charge in [-0.3, -0.25) is 4.90 Å². The summed E-state index contributed by atoms with van der Waals surface area (Å²) >= 11 is 0. The van der Waals surface area contributed by atoms with Crippen LogP contribution < -0.4 is 0 Å². The summed E-state index contributed by atoms with van der Waals surface area (Å²) in [7, 11) is 4.23. The Balaban J connectivity index is 2.02. The summed E-state index contributed by atoms with van der Waals surface area (Å²) < 4.78 is 2.40. The van der Waals surface area contributed by atoms with Gasteiger partial charge in [0.25, 0.3) is 0 Å². The van der Waals surface area contributed by atoms with E-state index in [4.69, 9.17) is 9.97 Å². The van der Waals surface area contributed by atoms with Crippen LogP contribution in [0.3, 0.4) is 0 Å². The predicted octanol–water partition coefficient (Wildman–Crippen LogP) is 7.44. The summed E-state index contributed by atoms with van der Waals surface area (Å²) in [5, 5.41) is 0. The molecule has 8 bridgehead atoms. The summed E-state index contributed by atoms with van der Waals surface area (Å²) in [5.74, 6) is 0. The number of hydrogen-bond acceptors (Lipinski definition) is 3. The molecule has 0 fully saturated rings. The Morgan fingerprint density at radius 1 is 0.583 bits per heavy atom. The Kier molecular flexibility index (Phi) is 5.79. The zero-order valence-corrected chi connectivity index (χ0v) is 23.3. The fourth-order valence-corrected chi connectivity index (χ4v) is 5.21. The number of nitrogens with one attached hydrogen (secondary N) is 1. The minimum Gasteiger partial charge on any atom is -0.355 e. The Morgan fingerprint density at radius 3 is 1.31 bits per heavy atom. The number of H-pyrrole nitrogens is 1. The second-order valence-electron chi connectivity index (χ2n) is 10.7. The predicted molar refractivity (Wildman–Crippen MR) is 154 cm³/mol. The molecule has 5 heteroatoms. The van der Waals surface area contributed by atoms with Crippen LogP contribution in [0.4, 0.5) is 0 Å². The molecule has 0 spiro atoms. The second-order valence-corrected chi connectivity index (χ2v) is 10.7. The first-order valence-corrected chi connectivity index (χ1v) is 12.7. The van der Waals surface area contributed by atoms with E-state index in [1.807, 2.05) is 0 Å². The maximum Gasteiger partial charge on any atom is 0.0752 e. The lowest BCUT2D eigenvalue weighted by molar-refractivity contribution is 0.337. The standard InChI is InChI=1S/C31H37N5/c1-16-17(2)25-12-27-19(4)21(6)29(34-27)14-31-23(8)22(7)30(36(31)15-35(9)10)13-28-20(5)18(3)26(33-28)11-24(16)32-25/h11-14,32H,15H2,1-10H3. The molecular weight excluding hydrogens is 442 g/mol. The lowest BCUT2D eigenvalue weighted by atomic mass is 10.1. The molecule has 0 aromatic carbocycles. The highest BCUT2D eigenvalue weighted by Crippen LogP contribution is 2.34. The number of allylic oxidation sites excluding steroid dienone is 4. The zero-order valence-electron chi connectivity index (χ0n) is 23.3. The summed E-state index contributed by atoms with van der Waals surface area (Å²) in [5.41, 5.74) is 18.7. The van der Waals surface area contributed by atoms with Crippen molar-refractivity contribution in [3.8, 4) is 0 Å². The smallest absolute Gasteiger partial charge is 0.0752 e. The zero-order chi connectivity index (χ0) is 26.0. The second kappa shape index (κ2) is 8.59. The highest BCUT2D eigenvalue weighted by atomic mass is 15.2. The lowest BCUT2D eigenvalue weighted by Crippen LogP contribution is -2.16. The van der Waals surface area contributed by atoms with Crippen LogP contribution in [0.5, 0.6) is 0 Å². The summed E-state index contributed by atoms with van der Waals surface area (Å²) in [6.07, 6.45) is 0. The normalized spacial score (nSPS) is 14.0. The summed E-state index contributed by atoms with van der Waals surface area (Å²) in [6.45, 7) is 18.3. The maximum absolute atomic E-state index is 5.12. The molecule has 5 heterocycles. The third-order valence-corrected chi connectivity index (χ3v) is 8.23. The molecule has 0 radical (unpaired) electrons. The van der Waals surface area contributed by atoms with Gasteiger partial charge in [0.05, 0.1) is 29.4 Å². The first-order valence-electron chi connectivity index (χ1n) is 12.7. The third kappa shape index (κ3) is 3.73. The first-order chi connectivity index (χ1) is 17.0. The van der Waals surface area contributed by atoms with E-state index in [2.05, 4.69) is 108 Å². The van der Waals surface area contributed by atoms with Crippen LogP contribution in [0.1, 0.15) is 72.7 Å². The molecule has 3 aromatic heterocycles. The largest absolute Gasteiger partial charge is 0.355 e. The molecule has 2 aliphatic rings. The van der Waals surface area contributed by atoms with Gasteiger partial charge in [-0.1, -0.05) is 0 Å². The van der Waals surface area contributed by atoms with E-state index in [0.717, 1.165) is 40.5 Å². The topological polar surface area (TPSA) is 49.7 Å². The third-order valence-electron chi connectivity index (χ3n) is 8.23. The Morgan fingerprint density at radius 2 is 0.944 bits per heavy atom. The molecule has 0 saturated carbocycles. The van der Waals surface area contributed by atoms with Gasteiger partial charge in [-0.2, -0.15) is 0 Å². The van der Waals surface area contributed by atoms with E-state index in [1.54, 1.807) is 0 Å². The van der Waals surface area contributed by atoms with Gasteiger partial charge in [0.15, 0.2) is 0 Å². The molecule has 0 aliphatic carbocycles. The van der Waals surface area contributed by atoms with E-state index in [-0.39, 0.29) is 0 Å². The Labute approximate surface area is 214 Å². The number of nitrogens with zero attached hydrogens (tertiary/aromatic N) is 4. The Bertz CT molecular complexity index is 1540. The molecule has 1 N–H and O–H groups in total. The van der Waals surface area contributed by atoms with Crippen molar-refractivity contribution >= 4 is 44.4 Å². The molecule has 0 saturated heterocycles. The molecule has 5 nitrogen and oxygen atoms in total. The van der Waals surface area contributed by atoms with Crippen molar-refractivity contribution in [3.05, 3.63) is 69.3 Å². The van der Waals surface area contributed by atoms with Gasteiger partial charge in [0.1, 0.15) is 0 Å². The molecule has 186 valence electrons. The van der Waals surface area contributed by atoms with Crippen LogP contribution in [-0.4, -0.2) is 38.5 Å². The van der Waals surface area contributed by atoms with Crippen molar-refractivity contribution in [2.45, 2.75) is 62.1 Å². The van der Waals surface area contributed by atoms with Gasteiger partial charge in [-0.15, -0.1) is 0 Å². The highest BCUT2D eigenvalue weighted by Gasteiger charge is 2.18. The van der Waals surface area contributed by atoms with Crippen LogP contribution >= 0.6 is 0 Å². The number of hydrogen-bond donors (Lipinski definition) is 1. The van der Waals surface area contributed by atoms with Crippen molar-refractivity contribution in [2.24, 2.45) is 0 Å². The van der Waals surface area contributed by atoms with Crippen molar-refractivity contribution in [2.75, 3.05) is 14.1 Å². The van der Waals surface area contributed by atoms with E-state index < -0.39 is 0 Å². The van der Waals surface area contributed by atoms with Crippen LogP contribution in [0.15, 0.2) is 24.3 Å². The fourth-order valence-electron chi connectivity index (χ4n) is 5.21. The summed E-state index contributed by atoms with van der Waals surface area (Å²) in [6, 6.07) is 8.93. The maximum atomic E-state index is 5.12. The van der Waals surface area contributed by atoms with Crippen LogP contribution in [0, 0.1) is 27.7 Å². The molecule has 0 amide bonds. The van der Waals surface area contributed by atoms with Crippen LogP contribution in [0.25, 0.3) is 44.4 Å². The van der Waals surface area contributed by atoms with Gasteiger partial charge in [-0.25, -0.2) is 9.97 Å². The van der Waals surface area contributed by atoms with Gasteiger partial charge in [0.2, 0.25) is 0 Å². The SMILES string of the molecule is CC1=C(C)c2cc3c(C)c(C)c(cc4nc(cc5[nH]c(cc1n2)c(C)c5C)C(C)=C4C)n3CN(C)C. The van der Waals surface area contributed by atoms with E-state index in [0.29, 0.717) is 0 Å². The van der Waals surface area contributed by atoms with Crippen LogP contribution in [0.2, 0.25) is 0 Å². The van der Waals surface area contributed by atoms with Crippen LogP contribution in [-0.2, 0) is 6.67 Å². The first kappa shape index (κ1) is 24.3. The van der Waals surface area contributed by atoms with Gasteiger partial charge in [-0.05, 0) is 138 Å². The lowest BCUT2D eigenvalue weighted by Gasteiger charge is -2.14. The minimum absolute atomic E-state index is 0.782. The van der Waals surface area contributed by atoms with E-state index in [1.165, 1.54) is 55.6 Å². The number of aromatic nitrogens is 4. The summed E-state index contributed by atoms with van der Waals surface area (Å²) in [4.78, 5) is 16.1. The Hall–Kier alpha value is -3.44. The molecule has 5 rings (SSSR count). The highest BCUT2D eigenvalue weighted by molar-refractivity contribution is 5.94.